The lowest BCUT2D eigenvalue weighted by molar-refractivity contribution is 0.0190. The molecule has 22 heavy (non-hydrogen) atoms. The number of aliphatic hydroxyl groups is 1. The summed E-state index contributed by atoms with van der Waals surface area (Å²) in [6, 6.07) is 18.3. The summed E-state index contributed by atoms with van der Waals surface area (Å²) in [5.74, 6) is 0. The first-order valence-corrected chi connectivity index (χ1v) is 9.22. The van der Waals surface area contributed by atoms with Gasteiger partial charge in [-0.3, -0.25) is 4.21 Å². The third kappa shape index (κ3) is 2.24. The van der Waals surface area contributed by atoms with Gasteiger partial charge in [-0.05, 0) is 42.4 Å². The number of fused-ring (bicyclic) bond motifs is 2. The Kier molecular flexibility index (Phi) is 3.43. The second kappa shape index (κ2) is 5.32. The zero-order valence-corrected chi connectivity index (χ0v) is 13.3. The summed E-state index contributed by atoms with van der Waals surface area (Å²) >= 11 is 0. The summed E-state index contributed by atoms with van der Waals surface area (Å²) in [4.78, 5) is 0. The van der Waals surface area contributed by atoms with Gasteiger partial charge in [0.05, 0.1) is 5.60 Å². The van der Waals surface area contributed by atoms with Crippen LogP contribution in [0.3, 0.4) is 0 Å². The molecule has 2 heterocycles. The van der Waals surface area contributed by atoms with Gasteiger partial charge in [0, 0.05) is 21.3 Å². The fraction of sp³-hybridized carbons (Fsp3) is 0.368. The zero-order chi connectivity index (χ0) is 15.2. The SMILES string of the molecule is O=S1C2CCC1CC(O)(c1ccccc1-c1ccccc1)C2. The topological polar surface area (TPSA) is 37.3 Å². The van der Waals surface area contributed by atoms with Crippen molar-refractivity contribution in [3.63, 3.8) is 0 Å². The van der Waals surface area contributed by atoms with Gasteiger partial charge in [0.2, 0.25) is 0 Å². The van der Waals surface area contributed by atoms with Crippen LogP contribution < -0.4 is 0 Å². The van der Waals surface area contributed by atoms with Gasteiger partial charge in [0.25, 0.3) is 0 Å². The van der Waals surface area contributed by atoms with Crippen molar-refractivity contribution in [1.82, 2.24) is 0 Å². The normalized spacial score (nSPS) is 33.8. The molecule has 2 saturated heterocycles. The van der Waals surface area contributed by atoms with Gasteiger partial charge in [-0.1, -0.05) is 54.6 Å². The minimum Gasteiger partial charge on any atom is -0.385 e. The van der Waals surface area contributed by atoms with E-state index in [1.807, 2.05) is 36.4 Å². The molecule has 4 rings (SSSR count). The molecular formula is C19H20O2S. The second-order valence-corrected chi connectivity index (χ2v) is 8.49. The summed E-state index contributed by atoms with van der Waals surface area (Å²) in [6.45, 7) is 0. The highest BCUT2D eigenvalue weighted by Gasteiger charge is 2.48. The van der Waals surface area contributed by atoms with E-state index in [0.29, 0.717) is 12.8 Å². The zero-order valence-electron chi connectivity index (χ0n) is 12.4. The molecule has 0 aliphatic carbocycles. The predicted molar refractivity (Wildman–Crippen MR) is 90.0 cm³/mol. The molecule has 2 unspecified atom stereocenters. The smallest absolute Gasteiger partial charge is 0.0925 e. The van der Waals surface area contributed by atoms with Gasteiger partial charge in [-0.2, -0.15) is 0 Å². The summed E-state index contributed by atoms with van der Waals surface area (Å²) in [5, 5.41) is 11.7. The van der Waals surface area contributed by atoms with Crippen molar-refractivity contribution >= 4 is 10.8 Å². The van der Waals surface area contributed by atoms with E-state index in [4.69, 9.17) is 0 Å². The van der Waals surface area contributed by atoms with Gasteiger partial charge in [-0.15, -0.1) is 0 Å². The van der Waals surface area contributed by atoms with E-state index in [1.165, 1.54) is 0 Å². The first-order chi connectivity index (χ1) is 10.7. The van der Waals surface area contributed by atoms with Crippen LogP contribution in [0.1, 0.15) is 31.2 Å². The van der Waals surface area contributed by atoms with Gasteiger partial charge >= 0.3 is 0 Å². The maximum atomic E-state index is 12.3. The molecule has 0 saturated carbocycles. The lowest BCUT2D eigenvalue weighted by atomic mass is 9.81. The highest BCUT2D eigenvalue weighted by molar-refractivity contribution is 7.86. The summed E-state index contributed by atoms with van der Waals surface area (Å²) < 4.78 is 12.3. The van der Waals surface area contributed by atoms with Crippen LogP contribution in [0.5, 0.6) is 0 Å². The van der Waals surface area contributed by atoms with Crippen LogP contribution >= 0.6 is 0 Å². The highest BCUT2D eigenvalue weighted by Crippen LogP contribution is 2.47. The van der Waals surface area contributed by atoms with Crippen molar-refractivity contribution in [3.8, 4) is 11.1 Å². The molecule has 0 radical (unpaired) electrons. The Hall–Kier alpha value is -1.45. The fourth-order valence-corrected chi connectivity index (χ4v) is 6.22. The van der Waals surface area contributed by atoms with E-state index >= 15 is 0 Å². The van der Waals surface area contributed by atoms with Gasteiger partial charge in [0.1, 0.15) is 0 Å². The third-order valence-electron chi connectivity index (χ3n) is 5.11. The van der Waals surface area contributed by atoms with Crippen molar-refractivity contribution in [3.05, 3.63) is 60.2 Å². The molecule has 2 aromatic carbocycles. The maximum Gasteiger partial charge on any atom is 0.0925 e. The molecule has 2 bridgehead atoms. The van der Waals surface area contributed by atoms with Crippen LogP contribution in [0.4, 0.5) is 0 Å². The lowest BCUT2D eigenvalue weighted by Gasteiger charge is -2.37. The van der Waals surface area contributed by atoms with Crippen molar-refractivity contribution in [2.75, 3.05) is 0 Å². The minimum absolute atomic E-state index is 0.160. The first-order valence-electron chi connectivity index (χ1n) is 7.94. The summed E-state index contributed by atoms with van der Waals surface area (Å²) in [5.41, 5.74) is 2.38. The molecule has 0 amide bonds. The Labute approximate surface area is 133 Å². The van der Waals surface area contributed by atoms with Crippen LogP contribution in [0.25, 0.3) is 11.1 Å². The van der Waals surface area contributed by atoms with Crippen molar-refractivity contribution in [2.45, 2.75) is 41.8 Å². The molecule has 3 heteroatoms. The summed E-state index contributed by atoms with van der Waals surface area (Å²) in [7, 11) is -0.750. The van der Waals surface area contributed by atoms with Crippen molar-refractivity contribution in [2.24, 2.45) is 0 Å². The predicted octanol–water partition coefficient (Wildman–Crippen LogP) is 3.61. The number of benzene rings is 2. The first kappa shape index (κ1) is 14.2. The van der Waals surface area contributed by atoms with Crippen molar-refractivity contribution < 1.29 is 9.32 Å². The Balaban J connectivity index is 1.79. The standard InChI is InChI=1S/C19H20O2S/c20-19(12-15-10-11-16(13-19)22(15)21)18-9-5-4-8-17(18)14-6-2-1-3-7-14/h1-9,15-16,20H,10-13H2. The van der Waals surface area contributed by atoms with Crippen LogP contribution in [0.15, 0.2) is 54.6 Å². The average molecular weight is 312 g/mol. The Morgan fingerprint density at radius 3 is 2.18 bits per heavy atom. The third-order valence-corrected chi connectivity index (χ3v) is 7.23. The van der Waals surface area contributed by atoms with Crippen LogP contribution in [0, 0.1) is 0 Å². The van der Waals surface area contributed by atoms with Crippen LogP contribution in [0.2, 0.25) is 0 Å². The fourth-order valence-electron chi connectivity index (χ4n) is 4.06. The monoisotopic (exact) mass is 312 g/mol. The maximum absolute atomic E-state index is 12.3. The van der Waals surface area contributed by atoms with E-state index in [-0.39, 0.29) is 10.5 Å². The molecule has 0 spiro atoms. The van der Waals surface area contributed by atoms with E-state index < -0.39 is 16.4 Å². The number of rotatable bonds is 2. The molecule has 2 nitrogen and oxygen atoms in total. The molecular weight excluding hydrogens is 292 g/mol. The molecule has 2 atom stereocenters. The van der Waals surface area contributed by atoms with E-state index in [1.54, 1.807) is 0 Å². The van der Waals surface area contributed by atoms with Crippen LogP contribution in [-0.2, 0) is 16.4 Å². The lowest BCUT2D eigenvalue weighted by Crippen LogP contribution is -2.40. The van der Waals surface area contributed by atoms with Crippen LogP contribution in [-0.4, -0.2) is 19.8 Å². The molecule has 2 aliphatic heterocycles. The molecule has 2 aromatic rings. The van der Waals surface area contributed by atoms with E-state index in [0.717, 1.165) is 29.5 Å². The van der Waals surface area contributed by atoms with E-state index in [9.17, 15) is 9.32 Å². The molecule has 2 fully saturated rings. The van der Waals surface area contributed by atoms with Gasteiger partial charge in [-0.25, -0.2) is 0 Å². The Bertz CT molecular complexity index is 694. The Morgan fingerprint density at radius 1 is 0.909 bits per heavy atom. The minimum atomic E-state index is -0.841. The second-order valence-electron chi connectivity index (χ2n) is 6.50. The average Bonchev–Trinajstić information content (AvgIpc) is 2.78. The number of hydrogen-bond acceptors (Lipinski definition) is 2. The number of hydrogen-bond donors (Lipinski definition) is 1. The molecule has 2 aliphatic rings. The van der Waals surface area contributed by atoms with Gasteiger partial charge in [0.15, 0.2) is 0 Å². The Morgan fingerprint density at radius 2 is 1.50 bits per heavy atom. The highest BCUT2D eigenvalue weighted by atomic mass is 32.2. The summed E-state index contributed by atoms with van der Waals surface area (Å²) in [6.07, 6.45) is 3.24. The van der Waals surface area contributed by atoms with Gasteiger partial charge < -0.3 is 5.11 Å². The quantitative estimate of drug-likeness (QED) is 0.919. The van der Waals surface area contributed by atoms with Crippen molar-refractivity contribution in [1.29, 1.82) is 0 Å². The molecule has 114 valence electrons. The largest absolute Gasteiger partial charge is 0.385 e. The van der Waals surface area contributed by atoms with E-state index in [2.05, 4.69) is 18.2 Å². The molecule has 0 aromatic heterocycles. The molecule has 1 N–H and O–H groups in total.